The first kappa shape index (κ1) is 13.5. The number of rotatable bonds is 5. The molecular formula is C15H15F2NO. The first-order valence-electron chi connectivity index (χ1n) is 6.05. The van der Waals surface area contributed by atoms with Crippen LogP contribution in [0.3, 0.4) is 0 Å². The van der Waals surface area contributed by atoms with Crippen LogP contribution in [0.5, 0.6) is 5.75 Å². The first-order valence-corrected chi connectivity index (χ1v) is 6.05. The average molecular weight is 263 g/mol. The average Bonchev–Trinajstić information content (AvgIpc) is 2.40. The Hall–Kier alpha value is -1.94. The van der Waals surface area contributed by atoms with Crippen LogP contribution >= 0.6 is 0 Å². The summed E-state index contributed by atoms with van der Waals surface area (Å²) in [5, 5.41) is 0. The SMILES string of the molecule is NCCc1cc(F)ccc1OCc1ccc(F)cc1. The van der Waals surface area contributed by atoms with Gasteiger partial charge in [-0.1, -0.05) is 12.1 Å². The lowest BCUT2D eigenvalue weighted by Crippen LogP contribution is -2.06. The molecule has 0 unspecified atom stereocenters. The minimum absolute atomic E-state index is 0.283. The third kappa shape index (κ3) is 3.76. The Morgan fingerprint density at radius 3 is 2.32 bits per heavy atom. The van der Waals surface area contributed by atoms with Crippen molar-refractivity contribution in [3.63, 3.8) is 0 Å². The molecule has 2 N–H and O–H groups in total. The van der Waals surface area contributed by atoms with Gasteiger partial charge in [0, 0.05) is 0 Å². The van der Waals surface area contributed by atoms with E-state index in [-0.39, 0.29) is 11.6 Å². The van der Waals surface area contributed by atoms with E-state index in [2.05, 4.69) is 0 Å². The Bertz CT molecular complexity index is 540. The number of hydrogen-bond acceptors (Lipinski definition) is 2. The van der Waals surface area contributed by atoms with E-state index < -0.39 is 0 Å². The third-order valence-electron chi connectivity index (χ3n) is 2.74. The first-order chi connectivity index (χ1) is 9.19. The molecule has 0 amide bonds. The van der Waals surface area contributed by atoms with Crippen molar-refractivity contribution in [1.82, 2.24) is 0 Å². The second-order valence-corrected chi connectivity index (χ2v) is 4.21. The molecule has 0 aliphatic rings. The Morgan fingerprint density at radius 2 is 1.63 bits per heavy atom. The summed E-state index contributed by atoms with van der Waals surface area (Å²) < 4.78 is 31.5. The van der Waals surface area contributed by atoms with E-state index in [0.717, 1.165) is 11.1 Å². The van der Waals surface area contributed by atoms with Crippen molar-refractivity contribution < 1.29 is 13.5 Å². The van der Waals surface area contributed by atoms with E-state index in [1.165, 1.54) is 24.3 Å². The molecule has 0 atom stereocenters. The molecule has 0 bridgehead atoms. The van der Waals surface area contributed by atoms with Crippen molar-refractivity contribution in [2.45, 2.75) is 13.0 Å². The molecule has 2 nitrogen and oxygen atoms in total. The van der Waals surface area contributed by atoms with Gasteiger partial charge in [0.25, 0.3) is 0 Å². The molecule has 0 heterocycles. The number of halogens is 2. The van der Waals surface area contributed by atoms with E-state index in [1.54, 1.807) is 18.2 Å². The second-order valence-electron chi connectivity index (χ2n) is 4.21. The van der Waals surface area contributed by atoms with Gasteiger partial charge < -0.3 is 10.5 Å². The molecule has 0 saturated heterocycles. The fraction of sp³-hybridized carbons (Fsp3) is 0.200. The van der Waals surface area contributed by atoms with E-state index in [4.69, 9.17) is 10.5 Å². The van der Waals surface area contributed by atoms with E-state index in [9.17, 15) is 8.78 Å². The van der Waals surface area contributed by atoms with Gasteiger partial charge in [-0.25, -0.2) is 8.78 Å². The summed E-state index contributed by atoms with van der Waals surface area (Å²) in [5.41, 5.74) is 7.08. The van der Waals surface area contributed by atoms with Crippen molar-refractivity contribution in [2.75, 3.05) is 6.54 Å². The Morgan fingerprint density at radius 1 is 0.947 bits per heavy atom. The number of nitrogens with two attached hydrogens (primary N) is 1. The highest BCUT2D eigenvalue weighted by molar-refractivity contribution is 5.34. The van der Waals surface area contributed by atoms with Gasteiger partial charge in [0.1, 0.15) is 24.0 Å². The van der Waals surface area contributed by atoms with Crippen molar-refractivity contribution in [2.24, 2.45) is 5.73 Å². The summed E-state index contributed by atoms with van der Waals surface area (Å²) in [6, 6.07) is 10.4. The number of hydrogen-bond donors (Lipinski definition) is 1. The van der Waals surface area contributed by atoms with Crippen LogP contribution in [0.1, 0.15) is 11.1 Å². The van der Waals surface area contributed by atoms with Crippen LogP contribution in [-0.2, 0) is 13.0 Å². The normalized spacial score (nSPS) is 10.5. The molecule has 2 rings (SSSR count). The van der Waals surface area contributed by atoms with Crippen LogP contribution in [0.25, 0.3) is 0 Å². The zero-order chi connectivity index (χ0) is 13.7. The van der Waals surface area contributed by atoms with Crippen molar-refractivity contribution in [3.8, 4) is 5.75 Å². The van der Waals surface area contributed by atoms with E-state index in [0.29, 0.717) is 25.3 Å². The maximum Gasteiger partial charge on any atom is 0.123 e. The standard InChI is InChI=1S/C15H15F2NO/c16-13-3-1-11(2-4-13)10-19-15-6-5-14(17)9-12(15)7-8-18/h1-6,9H,7-8,10,18H2. The second kappa shape index (κ2) is 6.29. The van der Waals surface area contributed by atoms with E-state index in [1.807, 2.05) is 0 Å². The van der Waals surface area contributed by atoms with Gasteiger partial charge in [-0.15, -0.1) is 0 Å². The van der Waals surface area contributed by atoms with Gasteiger partial charge in [-0.05, 0) is 54.4 Å². The quantitative estimate of drug-likeness (QED) is 0.899. The maximum absolute atomic E-state index is 13.1. The fourth-order valence-corrected chi connectivity index (χ4v) is 1.78. The van der Waals surface area contributed by atoms with Crippen LogP contribution in [0, 0.1) is 11.6 Å². The summed E-state index contributed by atoms with van der Waals surface area (Å²) >= 11 is 0. The van der Waals surface area contributed by atoms with Crippen LogP contribution in [-0.4, -0.2) is 6.54 Å². The topological polar surface area (TPSA) is 35.2 Å². The van der Waals surface area contributed by atoms with Gasteiger partial charge in [-0.2, -0.15) is 0 Å². The van der Waals surface area contributed by atoms with Crippen LogP contribution in [0.2, 0.25) is 0 Å². The number of benzene rings is 2. The fourth-order valence-electron chi connectivity index (χ4n) is 1.78. The molecule has 0 aromatic heterocycles. The Kier molecular flexibility index (Phi) is 4.47. The van der Waals surface area contributed by atoms with E-state index >= 15 is 0 Å². The third-order valence-corrected chi connectivity index (χ3v) is 2.74. The van der Waals surface area contributed by atoms with Gasteiger partial charge >= 0.3 is 0 Å². The molecule has 2 aromatic rings. The summed E-state index contributed by atoms with van der Waals surface area (Å²) in [7, 11) is 0. The monoisotopic (exact) mass is 263 g/mol. The zero-order valence-corrected chi connectivity index (χ0v) is 10.4. The van der Waals surface area contributed by atoms with Crippen LogP contribution < -0.4 is 10.5 Å². The molecule has 4 heteroatoms. The lowest BCUT2D eigenvalue weighted by atomic mass is 10.1. The molecule has 0 aliphatic carbocycles. The molecule has 0 saturated carbocycles. The lowest BCUT2D eigenvalue weighted by molar-refractivity contribution is 0.302. The minimum atomic E-state index is -0.308. The summed E-state index contributed by atoms with van der Waals surface area (Å²) in [4.78, 5) is 0. The molecular weight excluding hydrogens is 248 g/mol. The Labute approximate surface area is 110 Å². The highest BCUT2D eigenvalue weighted by atomic mass is 19.1. The zero-order valence-electron chi connectivity index (χ0n) is 10.4. The summed E-state index contributed by atoms with van der Waals surface area (Å²) in [6.07, 6.45) is 0.552. The van der Waals surface area contributed by atoms with Crippen LogP contribution in [0.15, 0.2) is 42.5 Å². The predicted molar refractivity (Wildman–Crippen MR) is 69.9 cm³/mol. The molecule has 19 heavy (non-hydrogen) atoms. The molecule has 100 valence electrons. The largest absolute Gasteiger partial charge is 0.489 e. The minimum Gasteiger partial charge on any atom is -0.489 e. The Balaban J connectivity index is 2.08. The molecule has 0 radical (unpaired) electrons. The predicted octanol–water partition coefficient (Wildman–Crippen LogP) is 3.05. The van der Waals surface area contributed by atoms with Crippen molar-refractivity contribution in [3.05, 3.63) is 65.2 Å². The highest BCUT2D eigenvalue weighted by Crippen LogP contribution is 2.21. The molecule has 0 fully saturated rings. The number of ether oxygens (including phenoxy) is 1. The van der Waals surface area contributed by atoms with Gasteiger partial charge in [-0.3, -0.25) is 0 Å². The smallest absolute Gasteiger partial charge is 0.123 e. The van der Waals surface area contributed by atoms with Gasteiger partial charge in [0.15, 0.2) is 0 Å². The molecule has 0 aliphatic heterocycles. The lowest BCUT2D eigenvalue weighted by Gasteiger charge is -2.11. The van der Waals surface area contributed by atoms with Crippen molar-refractivity contribution in [1.29, 1.82) is 0 Å². The molecule has 2 aromatic carbocycles. The summed E-state index contributed by atoms with van der Waals surface area (Å²) in [5.74, 6) is 0.0168. The van der Waals surface area contributed by atoms with Gasteiger partial charge in [0.2, 0.25) is 0 Å². The van der Waals surface area contributed by atoms with Gasteiger partial charge in [0.05, 0.1) is 0 Å². The van der Waals surface area contributed by atoms with Crippen molar-refractivity contribution >= 4 is 0 Å². The van der Waals surface area contributed by atoms with Crippen LogP contribution in [0.4, 0.5) is 8.78 Å². The summed E-state index contributed by atoms with van der Waals surface area (Å²) in [6.45, 7) is 0.736. The maximum atomic E-state index is 13.1. The highest BCUT2D eigenvalue weighted by Gasteiger charge is 2.05. The molecule has 0 spiro atoms.